The monoisotopic (exact) mass is 180 g/mol. The van der Waals surface area contributed by atoms with E-state index in [0.717, 1.165) is 18.8 Å². The molecule has 1 aliphatic rings. The van der Waals surface area contributed by atoms with E-state index in [4.69, 9.17) is 0 Å². The maximum Gasteiger partial charge on any atom is 0.123 e. The van der Waals surface area contributed by atoms with E-state index in [1.54, 1.807) is 0 Å². The molecule has 0 saturated heterocycles. The van der Waals surface area contributed by atoms with Crippen molar-refractivity contribution in [3.63, 3.8) is 0 Å². The summed E-state index contributed by atoms with van der Waals surface area (Å²) in [7, 11) is 0. The molecule has 1 saturated carbocycles. The Morgan fingerprint density at radius 3 is 2.77 bits per heavy atom. The van der Waals surface area contributed by atoms with Crippen molar-refractivity contribution in [3.8, 4) is 0 Å². The van der Waals surface area contributed by atoms with Crippen LogP contribution in [0.1, 0.15) is 39.5 Å². The lowest BCUT2D eigenvalue weighted by Gasteiger charge is -2.32. The van der Waals surface area contributed by atoms with E-state index in [2.05, 4.69) is 19.1 Å². The molecule has 1 heteroatoms. The first kappa shape index (κ1) is 10.5. The summed E-state index contributed by atoms with van der Waals surface area (Å²) in [4.78, 5) is 10.9. The summed E-state index contributed by atoms with van der Waals surface area (Å²) in [6, 6.07) is 0. The van der Waals surface area contributed by atoms with Crippen LogP contribution in [0.15, 0.2) is 12.2 Å². The summed E-state index contributed by atoms with van der Waals surface area (Å²) < 4.78 is 0. The molecule has 0 heterocycles. The Morgan fingerprint density at radius 1 is 1.38 bits per heavy atom. The van der Waals surface area contributed by atoms with Gasteiger partial charge in [0.2, 0.25) is 0 Å². The zero-order valence-corrected chi connectivity index (χ0v) is 8.70. The zero-order chi connectivity index (χ0) is 9.68. The molecular formula is C12H20O. The summed E-state index contributed by atoms with van der Waals surface area (Å²) in [5.74, 6) is 1.64. The molecule has 0 aromatic rings. The smallest absolute Gasteiger partial charge is 0.123 e. The lowest BCUT2D eigenvalue weighted by Crippen LogP contribution is -2.27. The molecule has 1 fully saturated rings. The first-order chi connectivity index (χ1) is 6.29. The molecule has 0 aromatic carbocycles. The minimum Gasteiger partial charge on any atom is -0.303 e. The Balaban J connectivity index is 2.56. The maximum absolute atomic E-state index is 10.9. The largest absolute Gasteiger partial charge is 0.303 e. The summed E-state index contributed by atoms with van der Waals surface area (Å²) in [5, 5.41) is 0. The number of hydrogen-bond donors (Lipinski definition) is 0. The van der Waals surface area contributed by atoms with Crippen molar-refractivity contribution in [2.24, 2.45) is 17.8 Å². The van der Waals surface area contributed by atoms with Crippen molar-refractivity contribution < 1.29 is 4.79 Å². The molecule has 0 spiro atoms. The Hall–Kier alpha value is -0.590. The van der Waals surface area contributed by atoms with Gasteiger partial charge in [-0.2, -0.15) is 0 Å². The number of carbonyl (C=O) groups is 1. The Kier molecular flexibility index (Phi) is 4.20. The summed E-state index contributed by atoms with van der Waals surface area (Å²) >= 11 is 0. The lowest BCUT2D eigenvalue weighted by atomic mass is 9.72. The standard InChI is InChI=1S/C12H20O/c1-3-4-8-12-10(2)6-5-7-11(12)9-13/h3-4,9-12H,5-8H2,1-2H3/b4-3+/t10-,11?,12+/m1/s1. The number of aldehydes is 1. The zero-order valence-electron chi connectivity index (χ0n) is 8.70. The molecule has 1 nitrogen and oxygen atoms in total. The fourth-order valence-corrected chi connectivity index (χ4v) is 2.39. The molecule has 1 aliphatic carbocycles. The van der Waals surface area contributed by atoms with Crippen LogP contribution < -0.4 is 0 Å². The van der Waals surface area contributed by atoms with Gasteiger partial charge < -0.3 is 4.79 Å². The van der Waals surface area contributed by atoms with E-state index >= 15 is 0 Å². The van der Waals surface area contributed by atoms with Gasteiger partial charge in [-0.25, -0.2) is 0 Å². The van der Waals surface area contributed by atoms with Gasteiger partial charge in [0.25, 0.3) is 0 Å². The van der Waals surface area contributed by atoms with Gasteiger partial charge in [0.1, 0.15) is 6.29 Å². The van der Waals surface area contributed by atoms with Gasteiger partial charge in [0.15, 0.2) is 0 Å². The van der Waals surface area contributed by atoms with E-state index in [-0.39, 0.29) is 0 Å². The first-order valence-corrected chi connectivity index (χ1v) is 5.36. The second-order valence-electron chi connectivity index (χ2n) is 4.18. The highest BCUT2D eigenvalue weighted by Crippen LogP contribution is 2.35. The molecule has 0 radical (unpaired) electrons. The van der Waals surface area contributed by atoms with Crippen LogP contribution in [0.3, 0.4) is 0 Å². The van der Waals surface area contributed by atoms with Crippen LogP contribution in [-0.2, 0) is 4.79 Å². The van der Waals surface area contributed by atoms with Crippen molar-refractivity contribution >= 4 is 6.29 Å². The number of rotatable bonds is 3. The Morgan fingerprint density at radius 2 is 2.15 bits per heavy atom. The van der Waals surface area contributed by atoms with E-state index in [0.29, 0.717) is 11.8 Å². The lowest BCUT2D eigenvalue weighted by molar-refractivity contribution is -0.114. The third-order valence-electron chi connectivity index (χ3n) is 3.30. The van der Waals surface area contributed by atoms with Gasteiger partial charge in [-0.3, -0.25) is 0 Å². The van der Waals surface area contributed by atoms with Crippen molar-refractivity contribution in [2.45, 2.75) is 39.5 Å². The van der Waals surface area contributed by atoms with Crippen molar-refractivity contribution in [1.29, 1.82) is 0 Å². The third-order valence-corrected chi connectivity index (χ3v) is 3.30. The van der Waals surface area contributed by atoms with Crippen LogP contribution in [0.2, 0.25) is 0 Å². The number of allylic oxidation sites excluding steroid dienone is 2. The summed E-state index contributed by atoms with van der Waals surface area (Å²) in [6.45, 7) is 4.33. The van der Waals surface area contributed by atoms with Gasteiger partial charge in [-0.05, 0) is 31.6 Å². The average Bonchev–Trinajstić information content (AvgIpc) is 2.15. The quantitative estimate of drug-likeness (QED) is 0.481. The molecule has 1 unspecified atom stereocenters. The van der Waals surface area contributed by atoms with Crippen molar-refractivity contribution in [3.05, 3.63) is 12.2 Å². The van der Waals surface area contributed by atoms with Crippen LogP contribution >= 0.6 is 0 Å². The van der Waals surface area contributed by atoms with E-state index in [1.807, 2.05) is 6.92 Å². The topological polar surface area (TPSA) is 17.1 Å². The number of hydrogen-bond acceptors (Lipinski definition) is 1. The van der Waals surface area contributed by atoms with Crippen LogP contribution in [0.5, 0.6) is 0 Å². The van der Waals surface area contributed by atoms with Crippen LogP contribution in [0.25, 0.3) is 0 Å². The Labute approximate surface area is 81.2 Å². The highest BCUT2D eigenvalue weighted by molar-refractivity contribution is 5.54. The van der Waals surface area contributed by atoms with Crippen LogP contribution in [0.4, 0.5) is 0 Å². The van der Waals surface area contributed by atoms with Gasteiger partial charge in [0, 0.05) is 5.92 Å². The SMILES string of the molecule is C/C=C/C[C@@H]1C(C=O)CCC[C@H]1C. The Bertz CT molecular complexity index is 184. The molecule has 1 rings (SSSR count). The highest BCUT2D eigenvalue weighted by Gasteiger charge is 2.28. The molecule has 0 N–H and O–H groups in total. The van der Waals surface area contributed by atoms with Gasteiger partial charge in [-0.1, -0.05) is 31.9 Å². The maximum atomic E-state index is 10.9. The molecule has 0 amide bonds. The van der Waals surface area contributed by atoms with Crippen LogP contribution in [-0.4, -0.2) is 6.29 Å². The molecule has 3 atom stereocenters. The minimum absolute atomic E-state index is 0.319. The molecular weight excluding hydrogens is 160 g/mol. The fraction of sp³-hybridized carbons (Fsp3) is 0.750. The normalized spacial score (nSPS) is 35.1. The van der Waals surface area contributed by atoms with E-state index in [9.17, 15) is 4.79 Å². The van der Waals surface area contributed by atoms with Gasteiger partial charge in [0.05, 0.1) is 0 Å². The second-order valence-corrected chi connectivity index (χ2v) is 4.18. The molecule has 0 bridgehead atoms. The summed E-state index contributed by atoms with van der Waals surface area (Å²) in [6.07, 6.45) is 10.2. The first-order valence-electron chi connectivity index (χ1n) is 5.36. The summed E-state index contributed by atoms with van der Waals surface area (Å²) in [5.41, 5.74) is 0. The minimum atomic E-state index is 0.319. The van der Waals surface area contributed by atoms with Gasteiger partial charge >= 0.3 is 0 Å². The van der Waals surface area contributed by atoms with Gasteiger partial charge in [-0.15, -0.1) is 0 Å². The van der Waals surface area contributed by atoms with E-state index < -0.39 is 0 Å². The molecule has 0 aliphatic heterocycles. The molecule has 0 aromatic heterocycles. The fourth-order valence-electron chi connectivity index (χ4n) is 2.39. The second kappa shape index (κ2) is 5.21. The molecule has 74 valence electrons. The van der Waals surface area contributed by atoms with Crippen LogP contribution in [0, 0.1) is 17.8 Å². The number of carbonyl (C=O) groups excluding carboxylic acids is 1. The highest BCUT2D eigenvalue weighted by atomic mass is 16.1. The predicted octanol–water partition coefficient (Wildman–Crippen LogP) is 3.20. The molecule has 13 heavy (non-hydrogen) atoms. The van der Waals surface area contributed by atoms with Crippen molar-refractivity contribution in [2.75, 3.05) is 0 Å². The third kappa shape index (κ3) is 2.68. The average molecular weight is 180 g/mol. The van der Waals surface area contributed by atoms with Crippen molar-refractivity contribution in [1.82, 2.24) is 0 Å². The van der Waals surface area contributed by atoms with E-state index in [1.165, 1.54) is 19.1 Å². The predicted molar refractivity (Wildman–Crippen MR) is 55.5 cm³/mol.